The number of amides is 1. The highest BCUT2D eigenvalue weighted by atomic mass is 16.5. The van der Waals surface area contributed by atoms with E-state index in [-0.39, 0.29) is 12.0 Å². The molecule has 1 rings (SSSR count). The molecule has 0 spiro atoms. The van der Waals surface area contributed by atoms with Crippen molar-refractivity contribution in [2.45, 2.75) is 39.2 Å². The first kappa shape index (κ1) is 16.0. The van der Waals surface area contributed by atoms with Gasteiger partial charge in [-0.1, -0.05) is 32.9 Å². The molecule has 0 saturated carbocycles. The molecule has 1 amide bonds. The molecule has 110 valence electrons. The molecule has 1 N–H and O–H groups in total. The number of hydrogen-bond donors (Lipinski definition) is 1. The third-order valence-electron chi connectivity index (χ3n) is 2.82. The van der Waals surface area contributed by atoms with E-state index in [0.717, 1.165) is 0 Å². The van der Waals surface area contributed by atoms with Gasteiger partial charge in [-0.05, 0) is 30.0 Å². The number of carboxylic acids is 1. The van der Waals surface area contributed by atoms with E-state index in [2.05, 4.69) is 26.1 Å². The molecule has 5 nitrogen and oxygen atoms in total. The molecule has 0 fully saturated rings. The summed E-state index contributed by atoms with van der Waals surface area (Å²) in [6.45, 7) is 7.44. The van der Waals surface area contributed by atoms with E-state index in [1.54, 1.807) is 12.1 Å². The van der Waals surface area contributed by atoms with Gasteiger partial charge in [0.05, 0.1) is 12.0 Å². The average Bonchev–Trinajstić information content (AvgIpc) is 2.35. The lowest BCUT2D eigenvalue weighted by atomic mass is 9.87. The molecule has 20 heavy (non-hydrogen) atoms. The predicted octanol–water partition coefficient (Wildman–Crippen LogP) is 0.617. The Balaban J connectivity index is 2.50. The SMILES string of the molecule is C[C@H](NC(=O)COc1ccc(C(C)(C)C)cc1)C(=O)[O-]. The zero-order valence-corrected chi connectivity index (χ0v) is 12.2. The molecule has 5 heteroatoms. The Bertz CT molecular complexity index is 474. The van der Waals surface area contributed by atoms with Crippen molar-refractivity contribution in [2.24, 2.45) is 0 Å². The topological polar surface area (TPSA) is 78.5 Å². The number of carboxylic acid groups (broad SMARTS) is 1. The molecule has 0 aromatic heterocycles. The van der Waals surface area contributed by atoms with Crippen LogP contribution in [0.25, 0.3) is 0 Å². The molecule has 1 atom stereocenters. The van der Waals surface area contributed by atoms with Gasteiger partial charge in [-0.25, -0.2) is 0 Å². The maximum Gasteiger partial charge on any atom is 0.258 e. The lowest BCUT2D eigenvalue weighted by Crippen LogP contribution is -2.47. The molecule has 0 aliphatic rings. The van der Waals surface area contributed by atoms with Gasteiger partial charge in [0, 0.05) is 0 Å². The predicted molar refractivity (Wildman–Crippen MR) is 73.2 cm³/mol. The molecule has 1 aromatic carbocycles. The van der Waals surface area contributed by atoms with Gasteiger partial charge in [-0.3, -0.25) is 4.79 Å². The van der Waals surface area contributed by atoms with Gasteiger partial charge < -0.3 is 20.0 Å². The first-order valence-electron chi connectivity index (χ1n) is 6.43. The summed E-state index contributed by atoms with van der Waals surface area (Å²) in [6.07, 6.45) is 0. The third-order valence-corrected chi connectivity index (χ3v) is 2.82. The third kappa shape index (κ3) is 4.91. The molecular weight excluding hydrogens is 258 g/mol. The van der Waals surface area contributed by atoms with Crippen LogP contribution in [0.3, 0.4) is 0 Å². The number of rotatable bonds is 5. The fourth-order valence-corrected chi connectivity index (χ4v) is 1.54. The number of ether oxygens (including phenoxy) is 1. The molecule has 0 saturated heterocycles. The Labute approximate surface area is 118 Å². The van der Waals surface area contributed by atoms with Crippen LogP contribution in [0.2, 0.25) is 0 Å². The molecule has 0 aliphatic heterocycles. The quantitative estimate of drug-likeness (QED) is 0.856. The molecule has 0 bridgehead atoms. The van der Waals surface area contributed by atoms with E-state index in [9.17, 15) is 14.7 Å². The highest BCUT2D eigenvalue weighted by molar-refractivity contribution is 5.83. The van der Waals surface area contributed by atoms with E-state index in [1.165, 1.54) is 12.5 Å². The zero-order valence-electron chi connectivity index (χ0n) is 12.2. The highest BCUT2D eigenvalue weighted by Crippen LogP contribution is 2.24. The fourth-order valence-electron chi connectivity index (χ4n) is 1.54. The zero-order chi connectivity index (χ0) is 15.3. The van der Waals surface area contributed by atoms with E-state index < -0.39 is 17.9 Å². The summed E-state index contributed by atoms with van der Waals surface area (Å²) >= 11 is 0. The number of nitrogens with one attached hydrogen (secondary N) is 1. The second kappa shape index (κ2) is 6.41. The first-order valence-corrected chi connectivity index (χ1v) is 6.43. The van der Waals surface area contributed by atoms with Crippen molar-refractivity contribution in [2.75, 3.05) is 6.61 Å². The number of benzene rings is 1. The lowest BCUT2D eigenvalue weighted by Gasteiger charge is -2.19. The van der Waals surface area contributed by atoms with E-state index in [0.29, 0.717) is 5.75 Å². The Morgan fingerprint density at radius 2 is 1.80 bits per heavy atom. The van der Waals surface area contributed by atoms with Gasteiger partial charge in [0.15, 0.2) is 6.61 Å². The summed E-state index contributed by atoms with van der Waals surface area (Å²) < 4.78 is 5.29. The van der Waals surface area contributed by atoms with Crippen LogP contribution in [0.4, 0.5) is 0 Å². The Hall–Kier alpha value is -2.04. The van der Waals surface area contributed by atoms with Gasteiger partial charge in [0.1, 0.15) is 5.75 Å². The number of hydrogen-bond acceptors (Lipinski definition) is 4. The molecule has 0 radical (unpaired) electrons. The van der Waals surface area contributed by atoms with Crippen molar-refractivity contribution in [1.29, 1.82) is 0 Å². The van der Waals surface area contributed by atoms with Crippen molar-refractivity contribution in [1.82, 2.24) is 5.32 Å². The number of carbonyl (C=O) groups excluding carboxylic acids is 2. The fraction of sp³-hybridized carbons (Fsp3) is 0.467. The Kier molecular flexibility index (Phi) is 5.13. The minimum absolute atomic E-state index is 0.0554. The van der Waals surface area contributed by atoms with Crippen LogP contribution in [-0.2, 0) is 15.0 Å². The van der Waals surface area contributed by atoms with Gasteiger partial charge in [-0.15, -0.1) is 0 Å². The van der Waals surface area contributed by atoms with E-state index in [4.69, 9.17) is 4.74 Å². The normalized spacial score (nSPS) is 12.6. The molecule has 0 aliphatic carbocycles. The first-order chi connectivity index (χ1) is 9.20. The minimum atomic E-state index is -1.33. The van der Waals surface area contributed by atoms with Gasteiger partial charge in [0.2, 0.25) is 0 Å². The van der Waals surface area contributed by atoms with Crippen LogP contribution in [-0.4, -0.2) is 24.5 Å². The second-order valence-corrected chi connectivity index (χ2v) is 5.67. The van der Waals surface area contributed by atoms with E-state index >= 15 is 0 Å². The molecular formula is C15H20NO4-. The maximum absolute atomic E-state index is 11.4. The lowest BCUT2D eigenvalue weighted by molar-refractivity contribution is -0.307. The van der Waals surface area contributed by atoms with Crippen LogP contribution in [0.1, 0.15) is 33.3 Å². The smallest absolute Gasteiger partial charge is 0.258 e. The largest absolute Gasteiger partial charge is 0.548 e. The summed E-state index contributed by atoms with van der Waals surface area (Å²) in [5, 5.41) is 12.7. The van der Waals surface area contributed by atoms with E-state index in [1.807, 2.05) is 12.1 Å². The summed E-state index contributed by atoms with van der Waals surface area (Å²) in [5.74, 6) is -1.26. The second-order valence-electron chi connectivity index (χ2n) is 5.67. The molecule has 0 heterocycles. The van der Waals surface area contributed by atoms with Crippen molar-refractivity contribution < 1.29 is 19.4 Å². The van der Waals surface area contributed by atoms with Gasteiger partial charge in [0.25, 0.3) is 5.91 Å². The average molecular weight is 278 g/mol. The molecule has 1 aromatic rings. The van der Waals surface area contributed by atoms with Crippen LogP contribution >= 0.6 is 0 Å². The molecule has 0 unspecified atom stereocenters. The van der Waals surface area contributed by atoms with Crippen molar-refractivity contribution in [3.05, 3.63) is 29.8 Å². The number of carbonyl (C=O) groups is 2. The van der Waals surface area contributed by atoms with Crippen LogP contribution in [0.15, 0.2) is 24.3 Å². The summed E-state index contributed by atoms with van der Waals surface area (Å²) in [7, 11) is 0. The highest BCUT2D eigenvalue weighted by Gasteiger charge is 2.13. The van der Waals surface area contributed by atoms with Crippen LogP contribution < -0.4 is 15.2 Å². The van der Waals surface area contributed by atoms with Crippen LogP contribution in [0, 0.1) is 0 Å². The maximum atomic E-state index is 11.4. The van der Waals surface area contributed by atoms with Gasteiger partial charge >= 0.3 is 0 Å². The summed E-state index contributed by atoms with van der Waals surface area (Å²) in [4.78, 5) is 21.9. The standard InChI is InChI=1S/C15H21NO4/c1-10(14(18)19)16-13(17)9-20-12-7-5-11(6-8-12)15(2,3)4/h5-8,10H,9H2,1-4H3,(H,16,17)(H,18,19)/p-1/t10-/m0/s1. The monoisotopic (exact) mass is 278 g/mol. The van der Waals surface area contributed by atoms with Crippen LogP contribution in [0.5, 0.6) is 5.75 Å². The van der Waals surface area contributed by atoms with Gasteiger partial charge in [-0.2, -0.15) is 0 Å². The van der Waals surface area contributed by atoms with Crippen molar-refractivity contribution >= 4 is 11.9 Å². The Morgan fingerprint density at radius 3 is 2.25 bits per heavy atom. The van der Waals surface area contributed by atoms with Crippen molar-refractivity contribution in [3.63, 3.8) is 0 Å². The number of aliphatic carboxylic acids is 1. The summed E-state index contributed by atoms with van der Waals surface area (Å²) in [6, 6.07) is 6.43. The summed E-state index contributed by atoms with van der Waals surface area (Å²) in [5.41, 5.74) is 1.22. The minimum Gasteiger partial charge on any atom is -0.548 e. The van der Waals surface area contributed by atoms with Crippen molar-refractivity contribution in [3.8, 4) is 5.75 Å². The Morgan fingerprint density at radius 1 is 1.25 bits per heavy atom.